The van der Waals surface area contributed by atoms with Gasteiger partial charge in [0.2, 0.25) is 0 Å². The second-order valence-corrected chi connectivity index (χ2v) is 6.90. The molecule has 10 heteroatoms. The van der Waals surface area contributed by atoms with Crippen LogP contribution in [0.2, 0.25) is 0 Å². The quantitative estimate of drug-likeness (QED) is 0.469. The highest BCUT2D eigenvalue weighted by atomic mass is 19.1. The van der Waals surface area contributed by atoms with Gasteiger partial charge in [0.25, 0.3) is 17.5 Å². The first-order valence-electron chi connectivity index (χ1n) is 9.34. The van der Waals surface area contributed by atoms with Gasteiger partial charge in [0.15, 0.2) is 5.82 Å². The summed E-state index contributed by atoms with van der Waals surface area (Å²) in [6.07, 6.45) is 0. The van der Waals surface area contributed by atoms with Gasteiger partial charge in [0, 0.05) is 49.4 Å². The summed E-state index contributed by atoms with van der Waals surface area (Å²) in [5.41, 5.74) is 0.897. The van der Waals surface area contributed by atoms with Gasteiger partial charge in [0.05, 0.1) is 11.5 Å². The lowest BCUT2D eigenvalue weighted by molar-refractivity contribution is -0.384. The van der Waals surface area contributed by atoms with Crippen molar-refractivity contribution >= 4 is 11.6 Å². The number of amides is 1. The van der Waals surface area contributed by atoms with Crippen LogP contribution in [0.5, 0.6) is 0 Å². The van der Waals surface area contributed by atoms with Crippen LogP contribution in [0.25, 0.3) is 11.5 Å². The summed E-state index contributed by atoms with van der Waals surface area (Å²) in [5.74, 6) is 0.222. The van der Waals surface area contributed by atoms with Crippen LogP contribution in [0.4, 0.5) is 10.1 Å². The Balaban J connectivity index is 1.32. The third kappa shape index (κ3) is 4.33. The van der Waals surface area contributed by atoms with Gasteiger partial charge in [-0.05, 0) is 30.3 Å². The normalized spacial score (nSPS) is 14.6. The number of rotatable bonds is 5. The zero-order valence-corrected chi connectivity index (χ0v) is 15.9. The standard InChI is InChI=1S/C20H18FN5O4/c21-16-3-1-2-15(12-16)19-22-18(23-30-19)13-24-8-10-25(11-9-24)20(27)14-4-6-17(7-5-14)26(28)29/h1-7,12H,8-11,13H2. The van der Waals surface area contributed by atoms with E-state index in [9.17, 15) is 19.3 Å². The van der Waals surface area contributed by atoms with Crippen molar-refractivity contribution in [3.05, 3.63) is 75.9 Å². The molecule has 1 aliphatic heterocycles. The molecule has 0 radical (unpaired) electrons. The molecule has 0 N–H and O–H groups in total. The predicted octanol–water partition coefficient (Wildman–Crippen LogP) is 2.74. The molecule has 3 aromatic rings. The van der Waals surface area contributed by atoms with Crippen molar-refractivity contribution in [3.63, 3.8) is 0 Å². The van der Waals surface area contributed by atoms with Crippen molar-refractivity contribution in [2.75, 3.05) is 26.2 Å². The van der Waals surface area contributed by atoms with E-state index in [4.69, 9.17) is 4.52 Å². The molecule has 9 nitrogen and oxygen atoms in total. The first-order chi connectivity index (χ1) is 14.5. The van der Waals surface area contributed by atoms with Crippen molar-refractivity contribution in [2.24, 2.45) is 0 Å². The number of benzene rings is 2. The highest BCUT2D eigenvalue weighted by molar-refractivity contribution is 5.94. The van der Waals surface area contributed by atoms with Crippen LogP contribution in [0.15, 0.2) is 53.1 Å². The van der Waals surface area contributed by atoms with Gasteiger partial charge in [-0.25, -0.2) is 4.39 Å². The van der Waals surface area contributed by atoms with E-state index in [1.54, 1.807) is 17.0 Å². The smallest absolute Gasteiger partial charge is 0.269 e. The summed E-state index contributed by atoms with van der Waals surface area (Å²) in [5, 5.41) is 14.7. The molecule has 0 saturated carbocycles. The van der Waals surface area contributed by atoms with Gasteiger partial charge in [-0.3, -0.25) is 19.8 Å². The molecule has 1 amide bonds. The van der Waals surface area contributed by atoms with Crippen LogP contribution >= 0.6 is 0 Å². The first-order valence-corrected chi connectivity index (χ1v) is 9.34. The predicted molar refractivity (Wildman–Crippen MR) is 104 cm³/mol. The molecule has 0 spiro atoms. The topological polar surface area (TPSA) is 106 Å². The lowest BCUT2D eigenvalue weighted by atomic mass is 10.1. The summed E-state index contributed by atoms with van der Waals surface area (Å²) in [7, 11) is 0. The number of piperazine rings is 1. The number of carbonyl (C=O) groups excluding carboxylic acids is 1. The molecule has 4 rings (SSSR count). The zero-order chi connectivity index (χ0) is 21.1. The summed E-state index contributed by atoms with van der Waals surface area (Å²) >= 11 is 0. The van der Waals surface area contributed by atoms with E-state index in [1.807, 2.05) is 0 Å². The number of aromatic nitrogens is 2. The molecule has 2 heterocycles. The van der Waals surface area contributed by atoms with Crippen molar-refractivity contribution in [3.8, 4) is 11.5 Å². The van der Waals surface area contributed by atoms with E-state index in [2.05, 4.69) is 15.0 Å². The van der Waals surface area contributed by atoms with Crippen LogP contribution in [0.3, 0.4) is 0 Å². The molecule has 154 valence electrons. The molecule has 1 fully saturated rings. The fraction of sp³-hybridized carbons (Fsp3) is 0.250. The van der Waals surface area contributed by atoms with E-state index >= 15 is 0 Å². The molecular weight excluding hydrogens is 393 g/mol. The number of nitro benzene ring substituents is 1. The minimum atomic E-state index is -0.495. The lowest BCUT2D eigenvalue weighted by Crippen LogP contribution is -2.48. The molecule has 1 aliphatic rings. The molecule has 0 atom stereocenters. The maximum Gasteiger partial charge on any atom is 0.269 e. The highest BCUT2D eigenvalue weighted by Crippen LogP contribution is 2.19. The van der Waals surface area contributed by atoms with Crippen LogP contribution in [-0.4, -0.2) is 56.9 Å². The second-order valence-electron chi connectivity index (χ2n) is 6.90. The number of hydrogen-bond donors (Lipinski definition) is 0. The Morgan fingerprint density at radius 2 is 1.87 bits per heavy atom. The molecule has 0 aliphatic carbocycles. The maximum atomic E-state index is 13.4. The Hall–Kier alpha value is -3.66. The Bertz CT molecular complexity index is 1060. The van der Waals surface area contributed by atoms with E-state index in [0.717, 1.165) is 0 Å². The van der Waals surface area contributed by atoms with Gasteiger partial charge in [-0.1, -0.05) is 11.2 Å². The Morgan fingerprint density at radius 3 is 2.53 bits per heavy atom. The second kappa shape index (κ2) is 8.37. The highest BCUT2D eigenvalue weighted by Gasteiger charge is 2.24. The number of carbonyl (C=O) groups is 1. The molecule has 0 unspecified atom stereocenters. The van der Waals surface area contributed by atoms with E-state index in [-0.39, 0.29) is 23.3 Å². The third-order valence-corrected chi connectivity index (χ3v) is 4.89. The van der Waals surface area contributed by atoms with Gasteiger partial charge < -0.3 is 9.42 Å². The molecule has 30 heavy (non-hydrogen) atoms. The summed E-state index contributed by atoms with van der Waals surface area (Å²) < 4.78 is 18.6. The van der Waals surface area contributed by atoms with Crippen LogP contribution in [-0.2, 0) is 6.54 Å². The summed E-state index contributed by atoms with van der Waals surface area (Å²) in [6, 6.07) is 11.6. The number of hydrogen-bond acceptors (Lipinski definition) is 7. The molecule has 2 aromatic carbocycles. The maximum absolute atomic E-state index is 13.4. The monoisotopic (exact) mass is 411 g/mol. The SMILES string of the molecule is O=C(c1ccc([N+](=O)[O-])cc1)N1CCN(Cc2noc(-c3cccc(F)c3)n2)CC1. The molecule has 0 bridgehead atoms. The number of nitro groups is 1. The van der Waals surface area contributed by atoms with Crippen LogP contribution < -0.4 is 0 Å². The van der Waals surface area contributed by atoms with Crippen molar-refractivity contribution < 1.29 is 18.6 Å². The Morgan fingerprint density at radius 1 is 1.13 bits per heavy atom. The first kappa shape index (κ1) is 19.6. The van der Waals surface area contributed by atoms with Crippen molar-refractivity contribution in [2.45, 2.75) is 6.54 Å². The van der Waals surface area contributed by atoms with E-state index in [0.29, 0.717) is 49.7 Å². The largest absolute Gasteiger partial charge is 0.336 e. The number of halogens is 1. The molecule has 1 saturated heterocycles. The Kier molecular flexibility index (Phi) is 5.48. The number of nitrogens with zero attached hydrogens (tertiary/aromatic N) is 5. The summed E-state index contributed by atoms with van der Waals surface area (Å²) in [6.45, 7) is 2.75. The number of non-ortho nitro benzene ring substituents is 1. The fourth-order valence-corrected chi connectivity index (χ4v) is 3.27. The van der Waals surface area contributed by atoms with Gasteiger partial charge in [0.1, 0.15) is 5.82 Å². The van der Waals surface area contributed by atoms with Crippen LogP contribution in [0.1, 0.15) is 16.2 Å². The minimum absolute atomic E-state index is 0.0471. The van der Waals surface area contributed by atoms with Gasteiger partial charge in [-0.15, -0.1) is 0 Å². The average Bonchev–Trinajstić information content (AvgIpc) is 3.22. The van der Waals surface area contributed by atoms with Gasteiger partial charge in [-0.2, -0.15) is 4.98 Å². The Labute approximate surface area is 170 Å². The van der Waals surface area contributed by atoms with Crippen molar-refractivity contribution in [1.82, 2.24) is 19.9 Å². The van der Waals surface area contributed by atoms with Crippen LogP contribution in [0, 0.1) is 15.9 Å². The minimum Gasteiger partial charge on any atom is -0.336 e. The fourth-order valence-electron chi connectivity index (χ4n) is 3.27. The van der Waals surface area contributed by atoms with E-state index in [1.165, 1.54) is 36.4 Å². The van der Waals surface area contributed by atoms with Crippen molar-refractivity contribution in [1.29, 1.82) is 0 Å². The van der Waals surface area contributed by atoms with Gasteiger partial charge >= 0.3 is 0 Å². The summed E-state index contributed by atoms with van der Waals surface area (Å²) in [4.78, 5) is 31.0. The lowest BCUT2D eigenvalue weighted by Gasteiger charge is -2.34. The average molecular weight is 411 g/mol. The molecule has 1 aromatic heterocycles. The molecular formula is C20H18FN5O4. The third-order valence-electron chi connectivity index (χ3n) is 4.89. The zero-order valence-electron chi connectivity index (χ0n) is 15.9. The van der Waals surface area contributed by atoms with E-state index < -0.39 is 4.92 Å².